The van der Waals surface area contributed by atoms with E-state index in [1.54, 1.807) is 18.2 Å². The van der Waals surface area contributed by atoms with Gasteiger partial charge in [-0.3, -0.25) is 5.43 Å². The molecule has 0 fully saturated rings. The Morgan fingerprint density at radius 1 is 1.68 bits per heavy atom. The molecule has 0 aliphatic heterocycles. The van der Waals surface area contributed by atoms with Crippen LogP contribution in [0.1, 0.15) is 12.5 Å². The van der Waals surface area contributed by atoms with E-state index in [1.807, 2.05) is 0 Å². The van der Waals surface area contributed by atoms with Crippen molar-refractivity contribution >= 4 is 41.1 Å². The molecule has 8 heteroatoms. The number of benzene rings is 1. The number of ether oxygens (including phenoxy) is 1. The normalized spacial score (nSPS) is 12.1. The lowest BCUT2D eigenvalue weighted by molar-refractivity contribution is -0.144. The average molecular weight is 302 g/mol. The molecule has 0 aliphatic rings. The maximum atomic E-state index is 10.7. The summed E-state index contributed by atoms with van der Waals surface area (Å²) in [5, 5.41) is 12.8. The van der Waals surface area contributed by atoms with E-state index in [4.69, 9.17) is 27.2 Å². The summed E-state index contributed by atoms with van der Waals surface area (Å²) in [6.45, 7) is 1.42. The molecule has 0 amide bonds. The molecule has 19 heavy (non-hydrogen) atoms. The lowest BCUT2D eigenvalue weighted by Crippen LogP contribution is -2.24. The summed E-state index contributed by atoms with van der Waals surface area (Å²) in [4.78, 5) is 10.7. The SMILES string of the molecule is CC(Oc1ccc(C=NNC(N)=S)cc1Cl)C(=O)O. The molecule has 0 aromatic heterocycles. The first kappa shape index (κ1) is 15.2. The van der Waals surface area contributed by atoms with E-state index in [1.165, 1.54) is 13.1 Å². The van der Waals surface area contributed by atoms with Crippen molar-refractivity contribution in [1.29, 1.82) is 0 Å². The number of rotatable bonds is 5. The van der Waals surface area contributed by atoms with Crippen molar-refractivity contribution in [3.05, 3.63) is 28.8 Å². The molecule has 102 valence electrons. The molecule has 0 radical (unpaired) electrons. The Morgan fingerprint density at radius 2 is 2.37 bits per heavy atom. The highest BCUT2D eigenvalue weighted by molar-refractivity contribution is 7.80. The van der Waals surface area contributed by atoms with Crippen LogP contribution in [-0.2, 0) is 4.79 Å². The Morgan fingerprint density at radius 3 is 2.89 bits per heavy atom. The van der Waals surface area contributed by atoms with Crippen LogP contribution in [-0.4, -0.2) is 28.5 Å². The number of carbonyl (C=O) groups is 1. The van der Waals surface area contributed by atoms with E-state index < -0.39 is 12.1 Å². The van der Waals surface area contributed by atoms with Crippen molar-refractivity contribution in [2.45, 2.75) is 13.0 Å². The van der Waals surface area contributed by atoms with Crippen LogP contribution >= 0.6 is 23.8 Å². The number of halogens is 1. The Labute approximate surface area is 120 Å². The first-order valence-corrected chi connectivity index (χ1v) is 5.96. The van der Waals surface area contributed by atoms with E-state index in [9.17, 15) is 4.79 Å². The standard InChI is InChI=1S/C11H12ClN3O3S/c1-6(10(16)17)18-9-3-2-7(4-8(9)12)5-14-15-11(13)19/h2-6H,1H3,(H,16,17)(H3,13,15,19). The van der Waals surface area contributed by atoms with Crippen LogP contribution in [0.15, 0.2) is 23.3 Å². The molecule has 4 N–H and O–H groups in total. The number of hydrogen-bond donors (Lipinski definition) is 3. The zero-order chi connectivity index (χ0) is 14.4. The fourth-order valence-corrected chi connectivity index (χ4v) is 1.39. The lowest BCUT2D eigenvalue weighted by Gasteiger charge is -2.11. The highest BCUT2D eigenvalue weighted by Gasteiger charge is 2.14. The number of hydrogen-bond acceptors (Lipinski definition) is 4. The van der Waals surface area contributed by atoms with Crippen molar-refractivity contribution in [3.8, 4) is 5.75 Å². The lowest BCUT2D eigenvalue weighted by atomic mass is 10.2. The van der Waals surface area contributed by atoms with Gasteiger partial charge in [0.25, 0.3) is 0 Å². The number of carboxylic acids is 1. The van der Waals surface area contributed by atoms with Crippen molar-refractivity contribution < 1.29 is 14.6 Å². The van der Waals surface area contributed by atoms with Gasteiger partial charge in [0.2, 0.25) is 0 Å². The van der Waals surface area contributed by atoms with E-state index >= 15 is 0 Å². The van der Waals surface area contributed by atoms with Crippen molar-refractivity contribution in [3.63, 3.8) is 0 Å². The molecule has 0 spiro atoms. The smallest absolute Gasteiger partial charge is 0.344 e. The Hall–Kier alpha value is -1.86. The quantitative estimate of drug-likeness (QED) is 0.432. The first-order valence-electron chi connectivity index (χ1n) is 5.17. The van der Waals surface area contributed by atoms with Crippen LogP contribution in [0.3, 0.4) is 0 Å². The molecule has 1 aromatic carbocycles. The zero-order valence-corrected chi connectivity index (χ0v) is 11.5. The Balaban J connectivity index is 2.77. The van der Waals surface area contributed by atoms with Crippen LogP contribution in [0.2, 0.25) is 5.02 Å². The maximum Gasteiger partial charge on any atom is 0.344 e. The minimum Gasteiger partial charge on any atom is -0.479 e. The second-order valence-electron chi connectivity index (χ2n) is 3.52. The van der Waals surface area contributed by atoms with E-state index in [-0.39, 0.29) is 15.9 Å². The van der Waals surface area contributed by atoms with Crippen LogP contribution in [0, 0.1) is 0 Å². The number of carboxylic acid groups (broad SMARTS) is 1. The number of nitrogens with two attached hydrogens (primary N) is 1. The highest BCUT2D eigenvalue weighted by atomic mass is 35.5. The summed E-state index contributed by atoms with van der Waals surface area (Å²) in [5.41, 5.74) is 8.28. The zero-order valence-electron chi connectivity index (χ0n) is 9.96. The monoisotopic (exact) mass is 301 g/mol. The minimum atomic E-state index is -1.07. The van der Waals surface area contributed by atoms with Gasteiger partial charge in [0.1, 0.15) is 5.75 Å². The Kier molecular flexibility index (Phi) is 5.53. The first-order chi connectivity index (χ1) is 8.90. The third kappa shape index (κ3) is 5.11. The van der Waals surface area contributed by atoms with Gasteiger partial charge >= 0.3 is 5.97 Å². The van der Waals surface area contributed by atoms with Crippen molar-refractivity contribution in [2.24, 2.45) is 10.8 Å². The fraction of sp³-hybridized carbons (Fsp3) is 0.182. The summed E-state index contributed by atoms with van der Waals surface area (Å²) < 4.78 is 5.17. The molecule has 0 aliphatic carbocycles. The van der Waals surface area contributed by atoms with Gasteiger partial charge in [0.05, 0.1) is 11.2 Å². The molecule has 6 nitrogen and oxygen atoms in total. The average Bonchev–Trinajstić information content (AvgIpc) is 2.31. The number of nitrogens with one attached hydrogen (secondary N) is 1. The second-order valence-corrected chi connectivity index (χ2v) is 4.37. The largest absolute Gasteiger partial charge is 0.479 e. The third-order valence-corrected chi connectivity index (χ3v) is 2.38. The predicted molar refractivity (Wildman–Crippen MR) is 76.7 cm³/mol. The molecule has 1 aromatic rings. The van der Waals surface area contributed by atoms with Gasteiger partial charge in [-0.2, -0.15) is 5.10 Å². The van der Waals surface area contributed by atoms with Crippen molar-refractivity contribution in [1.82, 2.24) is 5.43 Å². The van der Waals surface area contributed by atoms with Crippen molar-refractivity contribution in [2.75, 3.05) is 0 Å². The molecule has 0 saturated heterocycles. The molecular weight excluding hydrogens is 290 g/mol. The fourth-order valence-electron chi connectivity index (χ4n) is 1.10. The number of nitrogens with zero attached hydrogens (tertiary/aromatic N) is 1. The topological polar surface area (TPSA) is 96.9 Å². The van der Waals surface area contributed by atoms with Gasteiger partial charge in [-0.1, -0.05) is 11.6 Å². The summed E-state index contributed by atoms with van der Waals surface area (Å²) in [6, 6.07) is 4.81. The molecule has 1 rings (SSSR count). The van der Waals surface area contributed by atoms with Gasteiger partial charge in [0.15, 0.2) is 11.2 Å². The van der Waals surface area contributed by atoms with Crippen LogP contribution in [0.4, 0.5) is 0 Å². The molecule has 0 heterocycles. The Bertz CT molecular complexity index is 522. The van der Waals surface area contributed by atoms with Crippen LogP contribution in [0.5, 0.6) is 5.75 Å². The van der Waals surface area contributed by atoms with E-state index in [0.29, 0.717) is 5.56 Å². The van der Waals surface area contributed by atoms with Gasteiger partial charge < -0.3 is 15.6 Å². The van der Waals surface area contributed by atoms with Gasteiger partial charge in [-0.05, 0) is 42.9 Å². The third-order valence-electron chi connectivity index (χ3n) is 2.00. The van der Waals surface area contributed by atoms with Gasteiger partial charge in [-0.25, -0.2) is 4.79 Å². The summed E-state index contributed by atoms with van der Waals surface area (Å²) in [7, 11) is 0. The summed E-state index contributed by atoms with van der Waals surface area (Å²) in [6.07, 6.45) is 0.489. The van der Waals surface area contributed by atoms with Gasteiger partial charge in [-0.15, -0.1) is 0 Å². The van der Waals surface area contributed by atoms with E-state index in [0.717, 1.165) is 0 Å². The second kappa shape index (κ2) is 6.91. The van der Waals surface area contributed by atoms with E-state index in [2.05, 4.69) is 22.7 Å². The molecule has 0 saturated carbocycles. The minimum absolute atomic E-state index is 0.0533. The van der Waals surface area contributed by atoms with Gasteiger partial charge in [0, 0.05) is 0 Å². The maximum absolute atomic E-state index is 10.7. The number of thiocarbonyl (C=S) groups is 1. The number of hydrazone groups is 1. The molecular formula is C11H12ClN3O3S. The number of aliphatic carboxylic acids is 1. The summed E-state index contributed by atoms with van der Waals surface area (Å²) in [5.74, 6) is -0.779. The molecule has 0 bridgehead atoms. The molecule has 1 atom stereocenters. The summed E-state index contributed by atoms with van der Waals surface area (Å²) >= 11 is 10.5. The van der Waals surface area contributed by atoms with Crippen LogP contribution in [0.25, 0.3) is 0 Å². The van der Waals surface area contributed by atoms with Crippen LogP contribution < -0.4 is 15.9 Å². The molecule has 1 unspecified atom stereocenters. The predicted octanol–water partition coefficient (Wildman–Crippen LogP) is 1.36. The highest BCUT2D eigenvalue weighted by Crippen LogP contribution is 2.25.